The number of anilines is 1. The SMILES string of the molecule is CCNC(=NCc1ccc(COC)cc1)Nc1cccc(OCCCOC)c1. The topological polar surface area (TPSA) is 64.1 Å². The molecule has 2 aromatic rings. The Hall–Kier alpha value is -2.57. The minimum atomic E-state index is 0.593. The fourth-order valence-electron chi connectivity index (χ4n) is 2.58. The van der Waals surface area contributed by atoms with Crippen LogP contribution in [-0.2, 0) is 22.6 Å². The first-order chi connectivity index (χ1) is 13.7. The molecule has 0 atom stereocenters. The summed E-state index contributed by atoms with van der Waals surface area (Å²) in [6.45, 7) is 5.37. The molecular formula is C22H31N3O3. The van der Waals surface area contributed by atoms with E-state index in [1.54, 1.807) is 14.2 Å². The van der Waals surface area contributed by atoms with Crippen LogP contribution in [0.15, 0.2) is 53.5 Å². The number of nitrogens with zero attached hydrogens (tertiary/aromatic N) is 1. The van der Waals surface area contributed by atoms with Gasteiger partial charge in [-0.05, 0) is 30.2 Å². The van der Waals surface area contributed by atoms with Crippen molar-refractivity contribution in [3.8, 4) is 5.75 Å². The van der Waals surface area contributed by atoms with Crippen molar-refractivity contribution in [1.82, 2.24) is 5.32 Å². The lowest BCUT2D eigenvalue weighted by atomic mass is 10.1. The number of methoxy groups -OCH3 is 2. The summed E-state index contributed by atoms with van der Waals surface area (Å²) < 4.78 is 15.9. The summed E-state index contributed by atoms with van der Waals surface area (Å²) in [6.07, 6.45) is 0.863. The second-order valence-corrected chi connectivity index (χ2v) is 6.29. The molecule has 0 saturated carbocycles. The second-order valence-electron chi connectivity index (χ2n) is 6.29. The van der Waals surface area contributed by atoms with Crippen LogP contribution in [0.5, 0.6) is 5.75 Å². The van der Waals surface area contributed by atoms with E-state index in [1.807, 2.05) is 31.2 Å². The minimum absolute atomic E-state index is 0.593. The summed E-state index contributed by atoms with van der Waals surface area (Å²) in [6, 6.07) is 16.2. The zero-order chi connectivity index (χ0) is 20.0. The van der Waals surface area contributed by atoms with Gasteiger partial charge in [-0.15, -0.1) is 0 Å². The van der Waals surface area contributed by atoms with Crippen molar-refractivity contribution in [2.75, 3.05) is 39.3 Å². The zero-order valence-electron chi connectivity index (χ0n) is 17.0. The van der Waals surface area contributed by atoms with Gasteiger partial charge in [-0.3, -0.25) is 0 Å². The third-order valence-corrected chi connectivity index (χ3v) is 3.96. The van der Waals surface area contributed by atoms with Crippen molar-refractivity contribution in [3.63, 3.8) is 0 Å². The van der Waals surface area contributed by atoms with Crippen LogP contribution in [0.2, 0.25) is 0 Å². The molecule has 0 aliphatic carbocycles. The van der Waals surface area contributed by atoms with Crippen LogP contribution < -0.4 is 15.4 Å². The Morgan fingerprint density at radius 3 is 2.46 bits per heavy atom. The smallest absolute Gasteiger partial charge is 0.196 e. The van der Waals surface area contributed by atoms with Crippen molar-refractivity contribution in [2.45, 2.75) is 26.5 Å². The molecule has 2 aromatic carbocycles. The molecule has 0 heterocycles. The van der Waals surface area contributed by atoms with Gasteiger partial charge in [-0.1, -0.05) is 30.3 Å². The quantitative estimate of drug-likeness (QED) is 0.350. The number of benzene rings is 2. The summed E-state index contributed by atoms with van der Waals surface area (Å²) in [5.74, 6) is 1.56. The van der Waals surface area contributed by atoms with Gasteiger partial charge < -0.3 is 24.8 Å². The van der Waals surface area contributed by atoms with Crippen LogP contribution in [-0.4, -0.2) is 39.9 Å². The van der Waals surface area contributed by atoms with Crippen LogP contribution in [0.1, 0.15) is 24.5 Å². The van der Waals surface area contributed by atoms with Crippen LogP contribution in [0.25, 0.3) is 0 Å². The standard InChI is InChI=1S/C22H31N3O3/c1-4-23-22(24-16-18-9-11-19(12-10-18)17-27-3)25-20-7-5-8-21(15-20)28-14-6-13-26-2/h5,7-12,15H,4,6,13-14,16-17H2,1-3H3,(H2,23,24,25). The van der Waals surface area contributed by atoms with Gasteiger partial charge in [0, 0.05) is 45.5 Å². The Morgan fingerprint density at radius 1 is 0.964 bits per heavy atom. The van der Waals surface area contributed by atoms with Crippen molar-refractivity contribution < 1.29 is 14.2 Å². The molecule has 0 bridgehead atoms. The Morgan fingerprint density at radius 2 is 1.75 bits per heavy atom. The lowest BCUT2D eigenvalue weighted by Crippen LogP contribution is -2.30. The van der Waals surface area contributed by atoms with Crippen LogP contribution >= 0.6 is 0 Å². The predicted molar refractivity (Wildman–Crippen MR) is 114 cm³/mol. The lowest BCUT2D eigenvalue weighted by molar-refractivity contribution is 0.172. The highest BCUT2D eigenvalue weighted by Gasteiger charge is 2.02. The fraction of sp³-hybridized carbons (Fsp3) is 0.409. The number of guanidine groups is 1. The molecule has 0 fully saturated rings. The molecule has 0 aromatic heterocycles. The van der Waals surface area contributed by atoms with E-state index < -0.39 is 0 Å². The minimum Gasteiger partial charge on any atom is -0.493 e. The summed E-state index contributed by atoms with van der Waals surface area (Å²) >= 11 is 0. The van der Waals surface area contributed by atoms with Crippen molar-refractivity contribution in [3.05, 3.63) is 59.7 Å². The third-order valence-electron chi connectivity index (χ3n) is 3.96. The largest absolute Gasteiger partial charge is 0.493 e. The average Bonchev–Trinajstić information content (AvgIpc) is 2.71. The van der Waals surface area contributed by atoms with E-state index in [9.17, 15) is 0 Å². The molecular weight excluding hydrogens is 354 g/mol. The molecule has 0 radical (unpaired) electrons. The van der Waals surface area contributed by atoms with Crippen molar-refractivity contribution in [2.24, 2.45) is 4.99 Å². The first kappa shape index (κ1) is 21.7. The van der Waals surface area contributed by atoms with E-state index in [4.69, 9.17) is 14.2 Å². The Balaban J connectivity index is 1.96. The van der Waals surface area contributed by atoms with E-state index in [0.29, 0.717) is 26.4 Å². The second kappa shape index (κ2) is 12.8. The van der Waals surface area contributed by atoms with E-state index >= 15 is 0 Å². The summed E-state index contributed by atoms with van der Waals surface area (Å²) in [5.41, 5.74) is 3.23. The molecule has 0 aliphatic rings. The van der Waals surface area contributed by atoms with Gasteiger partial charge in [0.1, 0.15) is 5.75 Å². The molecule has 0 spiro atoms. The number of hydrogen-bond acceptors (Lipinski definition) is 4. The van der Waals surface area contributed by atoms with Gasteiger partial charge in [0.2, 0.25) is 0 Å². The van der Waals surface area contributed by atoms with E-state index in [-0.39, 0.29) is 0 Å². The summed E-state index contributed by atoms with van der Waals surface area (Å²) in [4.78, 5) is 4.68. The van der Waals surface area contributed by atoms with Crippen LogP contribution in [0.3, 0.4) is 0 Å². The summed E-state index contributed by atoms with van der Waals surface area (Å²) in [5, 5.41) is 6.61. The number of aliphatic imine (C=N–C) groups is 1. The normalized spacial score (nSPS) is 11.3. The molecule has 2 rings (SSSR count). The molecule has 6 nitrogen and oxygen atoms in total. The zero-order valence-corrected chi connectivity index (χ0v) is 17.0. The Kier molecular flexibility index (Phi) is 9.89. The van der Waals surface area contributed by atoms with Gasteiger partial charge in [-0.25, -0.2) is 4.99 Å². The van der Waals surface area contributed by atoms with E-state index in [2.05, 4.69) is 39.9 Å². The molecule has 152 valence electrons. The maximum absolute atomic E-state index is 5.76. The lowest BCUT2D eigenvalue weighted by Gasteiger charge is -2.13. The molecule has 0 saturated heterocycles. The van der Waals surface area contributed by atoms with E-state index in [0.717, 1.165) is 41.5 Å². The summed E-state index contributed by atoms with van der Waals surface area (Å²) in [7, 11) is 3.40. The highest BCUT2D eigenvalue weighted by molar-refractivity contribution is 5.93. The van der Waals surface area contributed by atoms with Gasteiger partial charge in [0.15, 0.2) is 5.96 Å². The maximum Gasteiger partial charge on any atom is 0.196 e. The number of nitrogens with one attached hydrogen (secondary N) is 2. The molecule has 0 unspecified atom stereocenters. The van der Waals surface area contributed by atoms with Gasteiger partial charge in [0.05, 0.1) is 19.8 Å². The molecule has 0 aliphatic heterocycles. The van der Waals surface area contributed by atoms with Crippen LogP contribution in [0, 0.1) is 0 Å². The Bertz CT molecular complexity index is 717. The maximum atomic E-state index is 5.76. The van der Waals surface area contributed by atoms with Gasteiger partial charge >= 0.3 is 0 Å². The van der Waals surface area contributed by atoms with Crippen molar-refractivity contribution in [1.29, 1.82) is 0 Å². The highest BCUT2D eigenvalue weighted by Crippen LogP contribution is 2.17. The van der Waals surface area contributed by atoms with Gasteiger partial charge in [-0.2, -0.15) is 0 Å². The third kappa shape index (κ3) is 7.98. The molecule has 2 N–H and O–H groups in total. The van der Waals surface area contributed by atoms with E-state index in [1.165, 1.54) is 0 Å². The highest BCUT2D eigenvalue weighted by atomic mass is 16.5. The first-order valence-electron chi connectivity index (χ1n) is 9.59. The average molecular weight is 386 g/mol. The fourth-order valence-corrected chi connectivity index (χ4v) is 2.58. The molecule has 28 heavy (non-hydrogen) atoms. The van der Waals surface area contributed by atoms with Crippen LogP contribution in [0.4, 0.5) is 5.69 Å². The monoisotopic (exact) mass is 385 g/mol. The van der Waals surface area contributed by atoms with Gasteiger partial charge in [0.25, 0.3) is 0 Å². The molecule has 0 amide bonds. The number of hydrogen-bond donors (Lipinski definition) is 2. The first-order valence-corrected chi connectivity index (χ1v) is 9.59. The van der Waals surface area contributed by atoms with Crippen molar-refractivity contribution >= 4 is 11.6 Å². The molecule has 6 heteroatoms. The number of ether oxygens (including phenoxy) is 3. The Labute approximate surface area is 167 Å². The predicted octanol–water partition coefficient (Wildman–Crippen LogP) is 3.83. The number of rotatable bonds is 11.